The molecule has 2 aliphatic rings. The molecule has 1 aliphatic carbocycles. The molecule has 1 atom stereocenters. The molecule has 7 heteroatoms. The number of carbonyl (C=O) groups is 2. The summed E-state index contributed by atoms with van der Waals surface area (Å²) in [7, 11) is 0. The number of rotatable bonds is 5. The van der Waals surface area contributed by atoms with E-state index in [0.29, 0.717) is 37.2 Å². The van der Waals surface area contributed by atoms with Gasteiger partial charge >= 0.3 is 6.03 Å². The maximum Gasteiger partial charge on any atom is 0.322 e. The molecule has 3 amide bonds. The maximum atomic E-state index is 13.3. The minimum absolute atomic E-state index is 0.0914. The predicted octanol–water partition coefficient (Wildman–Crippen LogP) is 2.91. The van der Waals surface area contributed by atoms with Gasteiger partial charge in [-0.05, 0) is 61.1 Å². The molecule has 2 aromatic carbocycles. The number of benzene rings is 2. The number of hydrogen-bond donors (Lipinski definition) is 3. The Bertz CT molecular complexity index is 925. The van der Waals surface area contributed by atoms with E-state index in [2.05, 4.69) is 10.6 Å². The van der Waals surface area contributed by atoms with Crippen LogP contribution in [0.3, 0.4) is 0 Å². The van der Waals surface area contributed by atoms with Gasteiger partial charge in [0.2, 0.25) is 0 Å². The molecule has 6 nitrogen and oxygen atoms in total. The third-order valence-electron chi connectivity index (χ3n) is 5.76. The molecule has 0 spiro atoms. The summed E-state index contributed by atoms with van der Waals surface area (Å²) in [6, 6.07) is 10.9. The molecule has 0 radical (unpaired) electrons. The third-order valence-corrected chi connectivity index (χ3v) is 5.76. The first kappa shape index (κ1) is 19.4. The van der Waals surface area contributed by atoms with E-state index < -0.39 is 0 Å². The molecule has 1 unspecified atom stereocenters. The van der Waals surface area contributed by atoms with Gasteiger partial charge in [0, 0.05) is 24.3 Å². The predicted molar refractivity (Wildman–Crippen MR) is 107 cm³/mol. The molecular weight excluding hydrogens is 373 g/mol. The SMILES string of the molecule is Cc1ccc(C(=O)NC(c2ccc(F)cc2)C2CC(O)C2)cc1N1CCNC1=O. The number of anilines is 1. The van der Waals surface area contributed by atoms with Crippen LogP contribution >= 0.6 is 0 Å². The van der Waals surface area contributed by atoms with Crippen LogP contribution in [0.1, 0.15) is 40.4 Å². The number of urea groups is 1. The number of amides is 3. The van der Waals surface area contributed by atoms with Gasteiger partial charge in [0.1, 0.15) is 5.82 Å². The fourth-order valence-corrected chi connectivity index (χ4v) is 4.01. The van der Waals surface area contributed by atoms with Crippen molar-refractivity contribution in [1.82, 2.24) is 10.6 Å². The highest BCUT2D eigenvalue weighted by Gasteiger charge is 2.36. The molecule has 2 fully saturated rings. The van der Waals surface area contributed by atoms with Gasteiger partial charge in [-0.15, -0.1) is 0 Å². The van der Waals surface area contributed by atoms with Crippen LogP contribution in [-0.4, -0.2) is 36.2 Å². The van der Waals surface area contributed by atoms with Crippen molar-refractivity contribution < 1.29 is 19.1 Å². The van der Waals surface area contributed by atoms with E-state index in [1.54, 1.807) is 29.2 Å². The average molecular weight is 397 g/mol. The van der Waals surface area contributed by atoms with Crippen LogP contribution in [0.2, 0.25) is 0 Å². The lowest BCUT2D eigenvalue weighted by atomic mass is 9.75. The highest BCUT2D eigenvalue weighted by atomic mass is 19.1. The highest BCUT2D eigenvalue weighted by molar-refractivity contribution is 5.99. The van der Waals surface area contributed by atoms with Crippen LogP contribution < -0.4 is 15.5 Å². The van der Waals surface area contributed by atoms with Crippen molar-refractivity contribution in [1.29, 1.82) is 0 Å². The minimum atomic E-state index is -0.362. The van der Waals surface area contributed by atoms with Crippen LogP contribution in [0.5, 0.6) is 0 Å². The summed E-state index contributed by atoms with van der Waals surface area (Å²) in [6.45, 7) is 3.04. The van der Waals surface area contributed by atoms with Gasteiger partial charge in [-0.3, -0.25) is 9.69 Å². The van der Waals surface area contributed by atoms with E-state index >= 15 is 0 Å². The van der Waals surface area contributed by atoms with E-state index in [1.807, 2.05) is 13.0 Å². The lowest BCUT2D eigenvalue weighted by Gasteiger charge is -2.38. The summed E-state index contributed by atoms with van der Waals surface area (Å²) in [5, 5.41) is 15.5. The van der Waals surface area contributed by atoms with Crippen LogP contribution in [-0.2, 0) is 0 Å². The Kier molecular flexibility index (Phi) is 5.24. The second-order valence-corrected chi connectivity index (χ2v) is 7.77. The number of nitrogens with zero attached hydrogens (tertiary/aromatic N) is 1. The van der Waals surface area contributed by atoms with Crippen LogP contribution in [0.25, 0.3) is 0 Å². The fourth-order valence-electron chi connectivity index (χ4n) is 4.01. The van der Waals surface area contributed by atoms with E-state index in [4.69, 9.17) is 0 Å². The van der Waals surface area contributed by atoms with Crippen molar-refractivity contribution >= 4 is 17.6 Å². The lowest BCUT2D eigenvalue weighted by molar-refractivity contribution is 0.0235. The molecule has 0 bridgehead atoms. The summed E-state index contributed by atoms with van der Waals surface area (Å²) in [5.74, 6) is -0.505. The summed E-state index contributed by atoms with van der Waals surface area (Å²) in [6.07, 6.45) is 0.824. The molecule has 1 aliphatic heterocycles. The average Bonchev–Trinajstić information content (AvgIpc) is 3.10. The zero-order chi connectivity index (χ0) is 20.5. The normalized spacial score (nSPS) is 22.0. The standard InChI is InChI=1S/C22H24FN3O3/c1-13-2-3-15(12-19(13)26-9-8-24-22(26)29)21(28)25-20(16-10-18(27)11-16)14-4-6-17(23)7-5-14/h2-7,12,16,18,20,27H,8-11H2,1H3,(H,24,29)(H,25,28). The third kappa shape index (κ3) is 3.96. The van der Waals surface area contributed by atoms with Crippen LogP contribution in [0.15, 0.2) is 42.5 Å². The van der Waals surface area contributed by atoms with Gasteiger partial charge in [0.15, 0.2) is 0 Å². The molecule has 1 saturated heterocycles. The molecule has 1 saturated carbocycles. The second-order valence-electron chi connectivity index (χ2n) is 7.77. The molecule has 152 valence electrons. The number of nitrogens with one attached hydrogen (secondary N) is 2. The van der Waals surface area contributed by atoms with Crippen molar-refractivity contribution in [2.45, 2.75) is 31.9 Å². The molecule has 0 aromatic heterocycles. The second kappa shape index (κ2) is 7.83. The van der Waals surface area contributed by atoms with Crippen molar-refractivity contribution in [3.8, 4) is 0 Å². The Labute approximate surface area is 168 Å². The van der Waals surface area contributed by atoms with Gasteiger partial charge in [-0.25, -0.2) is 9.18 Å². The maximum absolute atomic E-state index is 13.3. The quantitative estimate of drug-likeness (QED) is 0.726. The van der Waals surface area contributed by atoms with Gasteiger partial charge in [0.25, 0.3) is 5.91 Å². The first-order valence-electron chi connectivity index (χ1n) is 9.83. The van der Waals surface area contributed by atoms with E-state index in [-0.39, 0.29) is 35.8 Å². The summed E-state index contributed by atoms with van der Waals surface area (Å²) < 4.78 is 13.3. The molecule has 1 heterocycles. The zero-order valence-electron chi connectivity index (χ0n) is 16.2. The van der Waals surface area contributed by atoms with Gasteiger partial charge in [-0.2, -0.15) is 0 Å². The number of hydrogen-bond acceptors (Lipinski definition) is 3. The Hall–Kier alpha value is -2.93. The number of halogens is 1. The fraction of sp³-hybridized carbons (Fsp3) is 0.364. The summed E-state index contributed by atoms with van der Waals surface area (Å²) >= 11 is 0. The van der Waals surface area contributed by atoms with E-state index in [9.17, 15) is 19.1 Å². The van der Waals surface area contributed by atoms with Gasteiger partial charge in [0.05, 0.1) is 12.1 Å². The van der Waals surface area contributed by atoms with Crippen molar-refractivity contribution in [3.63, 3.8) is 0 Å². The Morgan fingerprint density at radius 1 is 1.24 bits per heavy atom. The van der Waals surface area contributed by atoms with Crippen molar-refractivity contribution in [3.05, 3.63) is 65.0 Å². The van der Waals surface area contributed by atoms with E-state index in [0.717, 1.165) is 11.1 Å². The molecule has 3 N–H and O–H groups in total. The summed E-state index contributed by atoms with van der Waals surface area (Å²) in [5.41, 5.74) is 2.89. The smallest absolute Gasteiger partial charge is 0.322 e. The van der Waals surface area contributed by atoms with E-state index in [1.165, 1.54) is 12.1 Å². The topological polar surface area (TPSA) is 81.7 Å². The first-order valence-corrected chi connectivity index (χ1v) is 9.83. The van der Waals surface area contributed by atoms with Gasteiger partial charge in [-0.1, -0.05) is 18.2 Å². The van der Waals surface area contributed by atoms with Crippen molar-refractivity contribution in [2.24, 2.45) is 5.92 Å². The van der Waals surface area contributed by atoms with Crippen LogP contribution in [0, 0.1) is 18.7 Å². The first-order chi connectivity index (χ1) is 13.9. The Balaban J connectivity index is 1.57. The number of aryl methyl sites for hydroxylation is 1. The van der Waals surface area contributed by atoms with Crippen LogP contribution in [0.4, 0.5) is 14.9 Å². The Morgan fingerprint density at radius 3 is 2.59 bits per heavy atom. The number of carbonyl (C=O) groups excluding carboxylic acids is 2. The largest absolute Gasteiger partial charge is 0.393 e. The molecule has 2 aromatic rings. The van der Waals surface area contributed by atoms with Gasteiger partial charge < -0.3 is 15.7 Å². The lowest BCUT2D eigenvalue weighted by Crippen LogP contribution is -2.41. The minimum Gasteiger partial charge on any atom is -0.393 e. The molecular formula is C22H24FN3O3. The number of aliphatic hydroxyl groups excluding tert-OH is 1. The number of aliphatic hydroxyl groups is 1. The zero-order valence-corrected chi connectivity index (χ0v) is 16.2. The molecule has 4 rings (SSSR count). The monoisotopic (exact) mass is 397 g/mol. The highest BCUT2D eigenvalue weighted by Crippen LogP contribution is 2.38. The molecule has 29 heavy (non-hydrogen) atoms. The van der Waals surface area contributed by atoms with Crippen molar-refractivity contribution in [2.75, 3.05) is 18.0 Å². The summed E-state index contributed by atoms with van der Waals surface area (Å²) in [4.78, 5) is 26.7. The Morgan fingerprint density at radius 2 is 1.97 bits per heavy atom.